The van der Waals surface area contributed by atoms with Gasteiger partial charge in [-0.2, -0.15) is 30.8 Å². The van der Waals surface area contributed by atoms with E-state index in [0.29, 0.717) is 22.9 Å². The fourth-order valence-corrected chi connectivity index (χ4v) is 6.85. The maximum Gasteiger partial charge on any atom is 0.395 e. The second-order valence-corrected chi connectivity index (χ2v) is 13.3. The van der Waals surface area contributed by atoms with Gasteiger partial charge in [0.15, 0.2) is 0 Å². The molecule has 2 aromatic heterocycles. The number of hydrogen-bond acceptors (Lipinski definition) is 6. The Labute approximate surface area is 249 Å². The predicted octanol–water partition coefficient (Wildman–Crippen LogP) is 5.08. The largest absolute Gasteiger partial charge is 0.395 e. The van der Waals surface area contributed by atoms with Crippen LogP contribution in [0.1, 0.15) is 41.9 Å². The van der Waals surface area contributed by atoms with Crippen LogP contribution in [0, 0.1) is 12.3 Å². The molecule has 12 heteroatoms. The molecule has 2 heterocycles. The van der Waals surface area contributed by atoms with E-state index < -0.39 is 33.4 Å². The summed E-state index contributed by atoms with van der Waals surface area (Å²) in [6.07, 6.45) is 0.249. The predicted molar refractivity (Wildman–Crippen MR) is 157 cm³/mol. The number of alkyl halides is 3. The molecule has 2 aromatic carbocycles. The summed E-state index contributed by atoms with van der Waals surface area (Å²) in [4.78, 5) is 19.0. The Morgan fingerprint density at radius 1 is 1.07 bits per heavy atom. The molecule has 0 unspecified atom stereocenters. The SMILES string of the molecule is Cc1ccc(S(=O)(=O)n2ncc3cc(C[C@@H](CNC(=O)C[C@@H](c4ccncc4)C4(C(F)(F)F)CC4)N(C)C)ccc32)cc1. The third-order valence-electron chi connectivity index (χ3n) is 8.40. The van der Waals surface area contributed by atoms with Crippen molar-refractivity contribution in [3.05, 3.63) is 89.9 Å². The van der Waals surface area contributed by atoms with Crippen LogP contribution < -0.4 is 5.32 Å². The minimum atomic E-state index is -4.40. The lowest BCUT2D eigenvalue weighted by Crippen LogP contribution is -2.42. The molecule has 43 heavy (non-hydrogen) atoms. The second-order valence-electron chi connectivity index (χ2n) is 11.5. The van der Waals surface area contributed by atoms with E-state index in [0.717, 1.165) is 15.2 Å². The monoisotopic (exact) mass is 613 g/mol. The summed E-state index contributed by atoms with van der Waals surface area (Å²) in [7, 11) is -0.146. The average molecular weight is 614 g/mol. The topological polar surface area (TPSA) is 97.2 Å². The number of nitrogens with zero attached hydrogens (tertiary/aromatic N) is 4. The van der Waals surface area contributed by atoms with Crippen molar-refractivity contribution >= 4 is 26.8 Å². The molecule has 5 rings (SSSR count). The first-order chi connectivity index (χ1) is 20.3. The number of likely N-dealkylation sites (N-methyl/N-ethyl adjacent to an activating group) is 1. The van der Waals surface area contributed by atoms with Crippen LogP contribution in [0.5, 0.6) is 0 Å². The van der Waals surface area contributed by atoms with Crippen molar-refractivity contribution in [2.24, 2.45) is 5.41 Å². The molecule has 8 nitrogen and oxygen atoms in total. The number of fused-ring (bicyclic) bond motifs is 1. The first kappa shape index (κ1) is 30.7. The Kier molecular flexibility index (Phi) is 8.36. The van der Waals surface area contributed by atoms with Crippen LogP contribution in [0.25, 0.3) is 10.9 Å². The zero-order valence-electron chi connectivity index (χ0n) is 24.2. The van der Waals surface area contributed by atoms with Gasteiger partial charge in [-0.3, -0.25) is 9.78 Å². The van der Waals surface area contributed by atoms with Crippen molar-refractivity contribution < 1.29 is 26.4 Å². The molecule has 0 saturated heterocycles. The van der Waals surface area contributed by atoms with Crippen LogP contribution in [-0.4, -0.2) is 66.3 Å². The molecular weight excluding hydrogens is 579 g/mol. The normalized spacial score (nSPS) is 16.3. The molecule has 4 aromatic rings. The van der Waals surface area contributed by atoms with Crippen molar-refractivity contribution in [1.82, 2.24) is 24.4 Å². The number of aryl methyl sites for hydroxylation is 1. The van der Waals surface area contributed by atoms with Gasteiger partial charge in [0.25, 0.3) is 10.0 Å². The van der Waals surface area contributed by atoms with Crippen LogP contribution in [-0.2, 0) is 21.2 Å². The molecule has 0 aliphatic heterocycles. The van der Waals surface area contributed by atoms with E-state index in [4.69, 9.17) is 0 Å². The lowest BCUT2D eigenvalue weighted by molar-refractivity contribution is -0.194. The van der Waals surface area contributed by atoms with E-state index in [1.54, 1.807) is 42.5 Å². The van der Waals surface area contributed by atoms with Crippen LogP contribution in [0.2, 0.25) is 0 Å². The third kappa shape index (κ3) is 6.30. The Morgan fingerprint density at radius 2 is 1.74 bits per heavy atom. The van der Waals surface area contributed by atoms with Gasteiger partial charge < -0.3 is 10.2 Å². The van der Waals surface area contributed by atoms with E-state index >= 15 is 0 Å². The summed E-state index contributed by atoms with van der Waals surface area (Å²) in [5.41, 5.74) is 0.861. The van der Waals surface area contributed by atoms with Gasteiger partial charge in [-0.25, -0.2) is 0 Å². The number of nitrogens with one attached hydrogen (secondary N) is 1. The van der Waals surface area contributed by atoms with Gasteiger partial charge in [0.05, 0.1) is 22.0 Å². The number of rotatable bonds is 11. The molecule has 1 aliphatic carbocycles. The van der Waals surface area contributed by atoms with Gasteiger partial charge in [-0.1, -0.05) is 23.8 Å². The highest BCUT2D eigenvalue weighted by Crippen LogP contribution is 2.66. The Hall–Kier alpha value is -3.77. The quantitative estimate of drug-likeness (QED) is 0.254. The number of amides is 1. The van der Waals surface area contributed by atoms with E-state index in [1.165, 1.54) is 18.6 Å². The molecule has 0 radical (unpaired) electrons. The average Bonchev–Trinajstić information content (AvgIpc) is 3.67. The first-order valence-corrected chi connectivity index (χ1v) is 15.4. The minimum absolute atomic E-state index is 0.00245. The Morgan fingerprint density at radius 3 is 2.35 bits per heavy atom. The maximum atomic E-state index is 14.0. The van der Waals surface area contributed by atoms with Crippen molar-refractivity contribution in [1.29, 1.82) is 0 Å². The summed E-state index contributed by atoms with van der Waals surface area (Å²) in [5, 5.41) is 7.66. The van der Waals surface area contributed by atoms with Gasteiger partial charge in [-0.05, 0) is 87.8 Å². The number of carbonyl (C=O) groups excluding carboxylic acids is 1. The van der Waals surface area contributed by atoms with Crippen LogP contribution in [0.3, 0.4) is 0 Å². The maximum absolute atomic E-state index is 14.0. The van der Waals surface area contributed by atoms with Gasteiger partial charge >= 0.3 is 6.18 Å². The molecule has 1 aliphatic rings. The Balaban J connectivity index is 1.28. The molecule has 1 N–H and O–H groups in total. The van der Waals surface area contributed by atoms with Crippen molar-refractivity contribution in [3.63, 3.8) is 0 Å². The third-order valence-corrected chi connectivity index (χ3v) is 10.0. The van der Waals surface area contributed by atoms with Gasteiger partial charge in [0.1, 0.15) is 0 Å². The second kappa shape index (κ2) is 11.7. The van der Waals surface area contributed by atoms with Crippen LogP contribution in [0.15, 0.2) is 78.1 Å². The van der Waals surface area contributed by atoms with E-state index in [1.807, 2.05) is 38.1 Å². The number of halogens is 3. The standard InChI is InChI=1S/C31H34F3N5O3S/c1-21-4-7-26(8-5-21)43(41,42)39-28-9-6-22(16-24(28)19-37-39)17-25(38(2)3)20-36-29(40)18-27(23-10-14-35-15-11-23)30(12-13-30)31(32,33)34/h4-11,14-16,19,25,27H,12-13,17-18,20H2,1-3H3,(H,36,40)/t25-,27-/m0/s1. The van der Waals surface area contributed by atoms with E-state index in [2.05, 4.69) is 15.4 Å². The Bertz CT molecular complexity index is 1700. The summed E-state index contributed by atoms with van der Waals surface area (Å²) in [5.74, 6) is -1.43. The fraction of sp³-hybridized carbons (Fsp3) is 0.387. The van der Waals surface area contributed by atoms with Crippen LogP contribution in [0.4, 0.5) is 13.2 Å². The molecule has 228 valence electrons. The number of aromatic nitrogens is 3. The van der Waals surface area contributed by atoms with E-state index in [-0.39, 0.29) is 36.7 Å². The highest BCUT2D eigenvalue weighted by atomic mass is 32.2. The molecule has 1 saturated carbocycles. The van der Waals surface area contributed by atoms with Crippen molar-refractivity contribution in [2.75, 3.05) is 20.6 Å². The minimum Gasteiger partial charge on any atom is -0.355 e. The summed E-state index contributed by atoms with van der Waals surface area (Å²) >= 11 is 0. The lowest BCUT2D eigenvalue weighted by Gasteiger charge is -2.30. The molecule has 1 fully saturated rings. The van der Waals surface area contributed by atoms with Crippen molar-refractivity contribution in [3.8, 4) is 0 Å². The molecule has 1 amide bonds. The van der Waals surface area contributed by atoms with Crippen molar-refractivity contribution in [2.45, 2.75) is 55.6 Å². The molecule has 2 atom stereocenters. The number of hydrogen-bond donors (Lipinski definition) is 1. The summed E-state index contributed by atoms with van der Waals surface area (Å²) in [6, 6.07) is 14.9. The number of carbonyl (C=O) groups is 1. The molecule has 0 spiro atoms. The van der Waals surface area contributed by atoms with Gasteiger partial charge in [0.2, 0.25) is 5.91 Å². The fourth-order valence-electron chi connectivity index (χ4n) is 5.58. The first-order valence-electron chi connectivity index (χ1n) is 14.0. The smallest absolute Gasteiger partial charge is 0.355 e. The van der Waals surface area contributed by atoms with Crippen LogP contribution >= 0.6 is 0 Å². The molecule has 0 bridgehead atoms. The highest BCUT2D eigenvalue weighted by Gasteiger charge is 2.67. The van der Waals surface area contributed by atoms with E-state index in [9.17, 15) is 26.4 Å². The number of pyridine rings is 1. The summed E-state index contributed by atoms with van der Waals surface area (Å²) in [6.45, 7) is 2.11. The molecular formula is C31H34F3N5O3S. The highest BCUT2D eigenvalue weighted by molar-refractivity contribution is 7.90. The zero-order valence-corrected chi connectivity index (χ0v) is 25.0. The number of benzene rings is 2. The van der Waals surface area contributed by atoms with Gasteiger partial charge in [-0.15, -0.1) is 0 Å². The van der Waals surface area contributed by atoms with Gasteiger partial charge in [0, 0.05) is 42.7 Å². The summed E-state index contributed by atoms with van der Waals surface area (Å²) < 4.78 is 69.5. The lowest BCUT2D eigenvalue weighted by atomic mass is 9.80. The zero-order chi connectivity index (χ0) is 31.0.